The largest absolute Gasteiger partial charge is 0.382 e. The first-order chi connectivity index (χ1) is 7.69. The van der Waals surface area contributed by atoms with Crippen molar-refractivity contribution in [2.24, 2.45) is 0 Å². The molecule has 0 saturated heterocycles. The molecule has 0 aliphatic rings. The van der Waals surface area contributed by atoms with E-state index in [9.17, 15) is 8.42 Å². The van der Waals surface area contributed by atoms with Crippen LogP contribution in [0.4, 0.5) is 5.69 Å². The van der Waals surface area contributed by atoms with Crippen LogP contribution in [0.15, 0.2) is 16.6 Å². The summed E-state index contributed by atoms with van der Waals surface area (Å²) in [6, 6.07) is 3.93. The average molecular weight is 320 g/mol. The van der Waals surface area contributed by atoms with Crippen LogP contribution in [-0.4, -0.2) is 26.5 Å². The summed E-state index contributed by atoms with van der Waals surface area (Å²) in [5.74, 6) is 0.140. The van der Waals surface area contributed by atoms with Gasteiger partial charge < -0.3 is 5.32 Å². The Hall–Kier alpha value is -0.550. The van der Waals surface area contributed by atoms with Crippen molar-refractivity contribution in [2.45, 2.75) is 26.8 Å². The van der Waals surface area contributed by atoms with E-state index in [2.05, 4.69) is 21.2 Å². The fourth-order valence-corrected chi connectivity index (χ4v) is 3.03. The number of benzene rings is 1. The Morgan fingerprint density at radius 3 is 2.18 bits per heavy atom. The lowest BCUT2D eigenvalue weighted by Gasteiger charge is -2.16. The lowest BCUT2D eigenvalue weighted by molar-refractivity contribution is 0.598. The Labute approximate surface area is 112 Å². The van der Waals surface area contributed by atoms with Gasteiger partial charge in [-0.3, -0.25) is 0 Å². The standard InChI is InChI=1S/C12H18BrNO2S/c1-8-5-11(6-9(2)12(8)13)14-10(3)7-17(4,15)16/h5-6,10,14H,7H2,1-4H3/t10-/m1/s1. The molecule has 1 atom stereocenters. The van der Waals surface area contributed by atoms with Crippen LogP contribution in [0.1, 0.15) is 18.1 Å². The second-order valence-electron chi connectivity index (χ2n) is 4.56. The van der Waals surface area contributed by atoms with Crippen LogP contribution >= 0.6 is 15.9 Å². The molecule has 0 amide bonds. The fourth-order valence-electron chi connectivity index (χ4n) is 1.81. The molecule has 5 heteroatoms. The maximum absolute atomic E-state index is 11.2. The first-order valence-electron chi connectivity index (χ1n) is 5.40. The summed E-state index contributed by atoms with van der Waals surface area (Å²) >= 11 is 3.50. The Balaban J connectivity index is 2.82. The Morgan fingerprint density at radius 2 is 1.76 bits per heavy atom. The van der Waals surface area contributed by atoms with Crippen LogP contribution in [0.2, 0.25) is 0 Å². The van der Waals surface area contributed by atoms with Gasteiger partial charge in [0.15, 0.2) is 0 Å². The van der Waals surface area contributed by atoms with E-state index >= 15 is 0 Å². The summed E-state index contributed by atoms with van der Waals surface area (Å²) in [7, 11) is -2.94. The van der Waals surface area contributed by atoms with E-state index in [1.807, 2.05) is 32.9 Å². The van der Waals surface area contributed by atoms with Crippen molar-refractivity contribution in [1.29, 1.82) is 0 Å². The van der Waals surface area contributed by atoms with Gasteiger partial charge in [0.2, 0.25) is 0 Å². The summed E-state index contributed by atoms with van der Waals surface area (Å²) in [5.41, 5.74) is 3.23. The van der Waals surface area contributed by atoms with Gasteiger partial charge in [-0.2, -0.15) is 0 Å². The first-order valence-corrected chi connectivity index (χ1v) is 8.25. The normalized spacial score (nSPS) is 13.5. The van der Waals surface area contributed by atoms with Crippen LogP contribution in [0.25, 0.3) is 0 Å². The Morgan fingerprint density at radius 1 is 1.29 bits per heavy atom. The summed E-state index contributed by atoms with van der Waals surface area (Å²) in [5, 5.41) is 3.21. The minimum atomic E-state index is -2.94. The molecule has 0 aliphatic heterocycles. The van der Waals surface area contributed by atoms with Crippen LogP contribution in [0.5, 0.6) is 0 Å². The smallest absolute Gasteiger partial charge is 0.149 e. The molecule has 1 N–H and O–H groups in total. The Bertz CT molecular complexity index is 488. The Kier molecular flexibility index (Phi) is 4.61. The minimum Gasteiger partial charge on any atom is -0.382 e. The van der Waals surface area contributed by atoms with E-state index in [1.54, 1.807) is 0 Å². The van der Waals surface area contributed by atoms with Gasteiger partial charge in [0.25, 0.3) is 0 Å². The second kappa shape index (κ2) is 5.40. The summed E-state index contributed by atoms with van der Waals surface area (Å²) < 4.78 is 23.4. The van der Waals surface area contributed by atoms with E-state index in [0.717, 1.165) is 21.3 Å². The van der Waals surface area contributed by atoms with Crippen molar-refractivity contribution >= 4 is 31.5 Å². The molecule has 1 rings (SSSR count). The molecule has 0 aliphatic carbocycles. The van der Waals surface area contributed by atoms with Gasteiger partial charge in [-0.05, 0) is 44.0 Å². The van der Waals surface area contributed by atoms with Crippen molar-refractivity contribution in [1.82, 2.24) is 0 Å². The molecule has 0 spiro atoms. The van der Waals surface area contributed by atoms with Crippen LogP contribution in [0.3, 0.4) is 0 Å². The highest BCUT2D eigenvalue weighted by Gasteiger charge is 2.11. The molecule has 96 valence electrons. The topological polar surface area (TPSA) is 46.2 Å². The quantitative estimate of drug-likeness (QED) is 0.928. The molecule has 1 aromatic carbocycles. The number of hydrogen-bond donors (Lipinski definition) is 1. The number of hydrogen-bond acceptors (Lipinski definition) is 3. The van der Waals surface area contributed by atoms with E-state index in [-0.39, 0.29) is 11.8 Å². The minimum absolute atomic E-state index is 0.0926. The van der Waals surface area contributed by atoms with Gasteiger partial charge in [0.05, 0.1) is 5.75 Å². The molecule has 0 heterocycles. The maximum Gasteiger partial charge on any atom is 0.149 e. The molecule has 0 bridgehead atoms. The summed E-state index contributed by atoms with van der Waals surface area (Å²) in [6.07, 6.45) is 1.25. The highest BCUT2D eigenvalue weighted by molar-refractivity contribution is 9.10. The average Bonchev–Trinajstić information content (AvgIpc) is 2.10. The third-order valence-corrected chi connectivity index (χ3v) is 4.76. The number of sulfone groups is 1. The molecule has 0 aromatic heterocycles. The van der Waals surface area contributed by atoms with Crippen molar-refractivity contribution in [3.63, 3.8) is 0 Å². The molecule has 0 unspecified atom stereocenters. The molecular weight excluding hydrogens is 302 g/mol. The van der Waals surface area contributed by atoms with Gasteiger partial charge in [-0.1, -0.05) is 15.9 Å². The lowest BCUT2D eigenvalue weighted by Crippen LogP contribution is -2.25. The van der Waals surface area contributed by atoms with Gasteiger partial charge in [-0.15, -0.1) is 0 Å². The molecule has 0 fully saturated rings. The predicted molar refractivity (Wildman–Crippen MR) is 76.4 cm³/mol. The highest BCUT2D eigenvalue weighted by atomic mass is 79.9. The number of nitrogens with one attached hydrogen (secondary N) is 1. The monoisotopic (exact) mass is 319 g/mol. The van der Waals surface area contributed by atoms with E-state index in [1.165, 1.54) is 6.26 Å². The lowest BCUT2D eigenvalue weighted by atomic mass is 10.1. The van der Waals surface area contributed by atoms with Crippen molar-refractivity contribution in [3.05, 3.63) is 27.7 Å². The second-order valence-corrected chi connectivity index (χ2v) is 7.54. The fraction of sp³-hybridized carbons (Fsp3) is 0.500. The van der Waals surface area contributed by atoms with Crippen molar-refractivity contribution in [2.75, 3.05) is 17.3 Å². The van der Waals surface area contributed by atoms with Gasteiger partial charge in [0.1, 0.15) is 9.84 Å². The molecule has 17 heavy (non-hydrogen) atoms. The molecule has 0 radical (unpaired) electrons. The van der Waals surface area contributed by atoms with Crippen molar-refractivity contribution in [3.8, 4) is 0 Å². The molecule has 3 nitrogen and oxygen atoms in total. The molecule has 1 aromatic rings. The van der Waals surface area contributed by atoms with Crippen LogP contribution in [-0.2, 0) is 9.84 Å². The van der Waals surface area contributed by atoms with Gasteiger partial charge >= 0.3 is 0 Å². The third kappa shape index (κ3) is 4.68. The number of rotatable bonds is 4. The zero-order valence-electron chi connectivity index (χ0n) is 10.5. The highest BCUT2D eigenvalue weighted by Crippen LogP contribution is 2.25. The van der Waals surface area contributed by atoms with E-state index in [0.29, 0.717) is 0 Å². The number of halogens is 1. The zero-order chi connectivity index (χ0) is 13.2. The summed E-state index contributed by atoms with van der Waals surface area (Å²) in [4.78, 5) is 0. The van der Waals surface area contributed by atoms with E-state index < -0.39 is 9.84 Å². The third-order valence-electron chi connectivity index (χ3n) is 2.40. The number of anilines is 1. The summed E-state index contributed by atoms with van der Waals surface area (Å²) in [6.45, 7) is 5.90. The molecular formula is C12H18BrNO2S. The SMILES string of the molecule is Cc1cc(N[C@H](C)CS(C)(=O)=O)cc(C)c1Br. The van der Waals surface area contributed by atoms with E-state index in [4.69, 9.17) is 0 Å². The zero-order valence-corrected chi connectivity index (χ0v) is 12.9. The number of aryl methyl sites for hydroxylation is 2. The molecule has 0 saturated carbocycles. The van der Waals surface area contributed by atoms with Gasteiger partial charge in [0, 0.05) is 22.5 Å². The van der Waals surface area contributed by atoms with Gasteiger partial charge in [-0.25, -0.2) is 8.42 Å². The maximum atomic E-state index is 11.2. The van der Waals surface area contributed by atoms with Crippen LogP contribution in [0, 0.1) is 13.8 Å². The van der Waals surface area contributed by atoms with Crippen molar-refractivity contribution < 1.29 is 8.42 Å². The predicted octanol–water partition coefficient (Wildman–Crippen LogP) is 2.91. The first kappa shape index (κ1) is 14.5. The van der Waals surface area contributed by atoms with Crippen LogP contribution < -0.4 is 5.32 Å².